The van der Waals surface area contributed by atoms with Crippen LogP contribution >= 0.6 is 12.4 Å². The lowest BCUT2D eigenvalue weighted by Crippen LogP contribution is -2.41. The van der Waals surface area contributed by atoms with Crippen LogP contribution in [0.3, 0.4) is 0 Å². The van der Waals surface area contributed by atoms with E-state index >= 15 is 0 Å². The molecule has 1 fully saturated rings. The molecule has 3 nitrogen and oxygen atoms in total. The maximum absolute atomic E-state index is 6.04. The number of rotatable bonds is 2. The molecule has 0 spiro atoms. The lowest BCUT2D eigenvalue weighted by Gasteiger charge is -2.32. The molecule has 1 N–H and O–H groups in total. The molecule has 1 aliphatic rings. The summed E-state index contributed by atoms with van der Waals surface area (Å²) in [7, 11) is 1.65. The van der Waals surface area contributed by atoms with Gasteiger partial charge in [-0.2, -0.15) is 0 Å². The van der Waals surface area contributed by atoms with Crippen molar-refractivity contribution in [3.63, 3.8) is 0 Å². The number of benzene rings is 1. The van der Waals surface area contributed by atoms with Crippen LogP contribution in [-0.4, -0.2) is 25.4 Å². The number of halogens is 1. The Hall–Kier alpha value is -0.705. The lowest BCUT2D eigenvalue weighted by atomic mass is 9.78. The number of nitrogens with one attached hydrogen (secondary N) is 1. The zero-order valence-electron chi connectivity index (χ0n) is 12.5. The van der Waals surface area contributed by atoms with Crippen LogP contribution in [0.2, 0.25) is 0 Å². The Balaban J connectivity index is 0.00000180. The molecule has 1 heterocycles. The number of hydrogen-bond donors (Lipinski definition) is 1. The zero-order valence-corrected chi connectivity index (χ0v) is 13.4. The van der Waals surface area contributed by atoms with E-state index < -0.39 is 0 Å². The van der Waals surface area contributed by atoms with Crippen LogP contribution in [0.4, 0.5) is 5.69 Å². The van der Waals surface area contributed by atoms with Gasteiger partial charge in [0.25, 0.3) is 0 Å². The highest BCUT2D eigenvalue weighted by molar-refractivity contribution is 6.62. The summed E-state index contributed by atoms with van der Waals surface area (Å²) in [5.74, 6) is 0. The van der Waals surface area contributed by atoms with Crippen molar-refractivity contribution < 1.29 is 9.31 Å². The molecule has 2 rings (SSSR count). The van der Waals surface area contributed by atoms with Crippen molar-refractivity contribution in [3.05, 3.63) is 23.8 Å². The molecule has 0 unspecified atom stereocenters. The predicted octanol–water partition coefficient (Wildman–Crippen LogP) is 2.76. The zero-order chi connectivity index (χ0) is 13.6. The Morgan fingerprint density at radius 3 is 2.00 bits per heavy atom. The quantitative estimate of drug-likeness (QED) is 0.847. The molecule has 0 amide bonds. The monoisotopic (exact) mass is 283 g/mol. The normalized spacial score (nSPS) is 20.0. The highest BCUT2D eigenvalue weighted by Crippen LogP contribution is 2.36. The minimum absolute atomic E-state index is 0. The molecule has 0 radical (unpaired) electrons. The standard InChI is InChI=1S/C14H22BNO2.ClH/c1-10-9-11(7-8-12(10)16-6)15-17-13(2,3)14(4,5)18-15;/h7-9,16H,1-6H3;1H. The maximum Gasteiger partial charge on any atom is 0.494 e. The summed E-state index contributed by atoms with van der Waals surface area (Å²) in [6.07, 6.45) is 0. The summed E-state index contributed by atoms with van der Waals surface area (Å²) in [5, 5.41) is 3.16. The molecule has 19 heavy (non-hydrogen) atoms. The minimum atomic E-state index is -0.284. The topological polar surface area (TPSA) is 30.5 Å². The van der Waals surface area contributed by atoms with Gasteiger partial charge in [0.05, 0.1) is 11.2 Å². The van der Waals surface area contributed by atoms with E-state index in [1.807, 2.05) is 7.05 Å². The largest absolute Gasteiger partial charge is 0.494 e. The van der Waals surface area contributed by atoms with Gasteiger partial charge in [-0.25, -0.2) is 0 Å². The van der Waals surface area contributed by atoms with Gasteiger partial charge in [0, 0.05) is 12.7 Å². The maximum atomic E-state index is 6.04. The summed E-state index contributed by atoms with van der Waals surface area (Å²) in [4.78, 5) is 0. The molecule has 0 saturated carbocycles. The molecule has 0 bridgehead atoms. The highest BCUT2D eigenvalue weighted by Gasteiger charge is 2.51. The van der Waals surface area contributed by atoms with Crippen LogP contribution in [0.1, 0.15) is 33.3 Å². The molecular weight excluding hydrogens is 260 g/mol. The molecule has 0 aliphatic carbocycles. The van der Waals surface area contributed by atoms with E-state index in [0.717, 1.165) is 11.2 Å². The first-order chi connectivity index (χ1) is 8.27. The fraction of sp³-hybridized carbons (Fsp3) is 0.571. The van der Waals surface area contributed by atoms with E-state index in [-0.39, 0.29) is 30.7 Å². The second-order valence-corrected chi connectivity index (χ2v) is 5.91. The van der Waals surface area contributed by atoms with Gasteiger partial charge >= 0.3 is 7.12 Å². The van der Waals surface area contributed by atoms with Gasteiger partial charge in [0.1, 0.15) is 0 Å². The molecule has 1 aliphatic heterocycles. The Morgan fingerprint density at radius 2 is 1.58 bits per heavy atom. The van der Waals surface area contributed by atoms with E-state index in [1.54, 1.807) is 0 Å². The van der Waals surface area contributed by atoms with Crippen LogP contribution in [0, 0.1) is 6.92 Å². The van der Waals surface area contributed by atoms with Crippen LogP contribution < -0.4 is 10.8 Å². The molecule has 106 valence electrons. The van der Waals surface area contributed by atoms with E-state index in [9.17, 15) is 0 Å². The van der Waals surface area contributed by atoms with Crippen molar-refractivity contribution in [1.82, 2.24) is 0 Å². The van der Waals surface area contributed by atoms with Crippen molar-refractivity contribution in [1.29, 1.82) is 0 Å². The third kappa shape index (κ3) is 2.91. The van der Waals surface area contributed by atoms with Crippen molar-refractivity contribution in [2.75, 3.05) is 12.4 Å². The number of hydrogen-bond acceptors (Lipinski definition) is 3. The van der Waals surface area contributed by atoms with Gasteiger partial charge < -0.3 is 14.6 Å². The number of anilines is 1. The molecule has 1 saturated heterocycles. The van der Waals surface area contributed by atoms with Gasteiger partial charge in [-0.15, -0.1) is 12.4 Å². The first kappa shape index (κ1) is 16.3. The lowest BCUT2D eigenvalue weighted by molar-refractivity contribution is 0.00578. The van der Waals surface area contributed by atoms with Gasteiger partial charge in [0.15, 0.2) is 0 Å². The first-order valence-corrected chi connectivity index (χ1v) is 6.41. The van der Waals surface area contributed by atoms with Crippen molar-refractivity contribution >= 4 is 30.7 Å². The molecule has 0 atom stereocenters. The van der Waals surface area contributed by atoms with Gasteiger partial charge in [-0.05, 0) is 51.7 Å². The average molecular weight is 284 g/mol. The third-order valence-corrected chi connectivity index (χ3v) is 4.05. The van der Waals surface area contributed by atoms with Crippen LogP contribution in [0.25, 0.3) is 0 Å². The highest BCUT2D eigenvalue weighted by atomic mass is 35.5. The average Bonchev–Trinajstić information content (AvgIpc) is 2.48. The summed E-state index contributed by atoms with van der Waals surface area (Å²) in [6.45, 7) is 10.4. The molecule has 5 heteroatoms. The predicted molar refractivity (Wildman–Crippen MR) is 83.7 cm³/mol. The van der Waals surface area contributed by atoms with Crippen molar-refractivity contribution in [2.24, 2.45) is 0 Å². The van der Waals surface area contributed by atoms with Gasteiger partial charge in [0.2, 0.25) is 0 Å². The minimum Gasteiger partial charge on any atom is -0.399 e. The Labute approximate surface area is 122 Å². The molecule has 0 aromatic heterocycles. The summed E-state index contributed by atoms with van der Waals surface area (Å²) in [6, 6.07) is 6.24. The van der Waals surface area contributed by atoms with E-state index in [1.165, 1.54) is 5.56 Å². The smallest absolute Gasteiger partial charge is 0.399 e. The first-order valence-electron chi connectivity index (χ1n) is 6.41. The molecule has 1 aromatic carbocycles. The fourth-order valence-electron chi connectivity index (χ4n) is 2.09. The second-order valence-electron chi connectivity index (χ2n) is 5.91. The van der Waals surface area contributed by atoms with Crippen molar-refractivity contribution in [2.45, 2.75) is 45.8 Å². The SMILES string of the molecule is CNc1ccc(B2OC(C)(C)C(C)(C)O2)cc1C.Cl. The summed E-state index contributed by atoms with van der Waals surface area (Å²) in [5.41, 5.74) is 2.84. The Morgan fingerprint density at radius 1 is 1.05 bits per heavy atom. The second kappa shape index (κ2) is 5.35. The fourth-order valence-corrected chi connectivity index (χ4v) is 2.09. The molecule has 1 aromatic rings. The van der Waals surface area contributed by atoms with Gasteiger partial charge in [-0.3, -0.25) is 0 Å². The van der Waals surface area contributed by atoms with Crippen molar-refractivity contribution in [3.8, 4) is 0 Å². The summed E-state index contributed by atoms with van der Waals surface area (Å²) >= 11 is 0. The Bertz CT molecular complexity index is 447. The summed E-state index contributed by atoms with van der Waals surface area (Å²) < 4.78 is 12.1. The Kier molecular flexibility index (Phi) is 4.60. The van der Waals surface area contributed by atoms with Crippen LogP contribution in [0.5, 0.6) is 0 Å². The number of aryl methyl sites for hydroxylation is 1. The van der Waals surface area contributed by atoms with E-state index in [4.69, 9.17) is 9.31 Å². The van der Waals surface area contributed by atoms with E-state index in [0.29, 0.717) is 0 Å². The van der Waals surface area contributed by atoms with Crippen LogP contribution in [-0.2, 0) is 9.31 Å². The van der Waals surface area contributed by atoms with E-state index in [2.05, 4.69) is 58.1 Å². The molecular formula is C14H23BClNO2. The van der Waals surface area contributed by atoms with Gasteiger partial charge in [-0.1, -0.05) is 12.1 Å². The van der Waals surface area contributed by atoms with Crippen LogP contribution in [0.15, 0.2) is 18.2 Å². The third-order valence-electron chi connectivity index (χ3n) is 4.05.